The van der Waals surface area contributed by atoms with E-state index in [1.54, 1.807) is 0 Å². The lowest BCUT2D eigenvalue weighted by atomic mass is 10.1. The van der Waals surface area contributed by atoms with Crippen LogP contribution in [0.25, 0.3) is 0 Å². The van der Waals surface area contributed by atoms with Crippen molar-refractivity contribution < 1.29 is 4.79 Å². The van der Waals surface area contributed by atoms with Gasteiger partial charge in [0.25, 0.3) is 0 Å². The van der Waals surface area contributed by atoms with Crippen LogP contribution in [0.3, 0.4) is 0 Å². The van der Waals surface area contributed by atoms with Crippen molar-refractivity contribution in [2.45, 2.75) is 19.8 Å². The van der Waals surface area contributed by atoms with Gasteiger partial charge >= 0.3 is 0 Å². The van der Waals surface area contributed by atoms with Crippen LogP contribution in [0.1, 0.15) is 17.5 Å². The lowest BCUT2D eigenvalue weighted by Crippen LogP contribution is -2.31. The summed E-state index contributed by atoms with van der Waals surface area (Å²) >= 11 is 0. The molecule has 0 aliphatic heterocycles. The maximum Gasteiger partial charge on any atom is 0.224 e. The molecule has 0 unspecified atom stereocenters. The van der Waals surface area contributed by atoms with Gasteiger partial charge in [0, 0.05) is 6.42 Å². The Balaban J connectivity index is 2.52. The number of terminal acetylenes is 1. The molecule has 0 radical (unpaired) electrons. The third kappa shape index (κ3) is 4.31. The summed E-state index contributed by atoms with van der Waals surface area (Å²) in [4.78, 5) is 13.2. The first-order chi connectivity index (χ1) is 8.67. The smallest absolute Gasteiger partial charge is 0.224 e. The van der Waals surface area contributed by atoms with Crippen LogP contribution in [-0.2, 0) is 11.2 Å². The summed E-state index contributed by atoms with van der Waals surface area (Å²) in [6, 6.07) is 10.0. The van der Waals surface area contributed by atoms with E-state index in [2.05, 4.69) is 5.92 Å². The molecule has 1 amide bonds. The van der Waals surface area contributed by atoms with E-state index in [0.29, 0.717) is 12.8 Å². The third-order valence-corrected chi connectivity index (χ3v) is 2.64. The van der Waals surface area contributed by atoms with Crippen molar-refractivity contribution >= 4 is 5.91 Å². The Labute approximate surface area is 108 Å². The van der Waals surface area contributed by atoms with Gasteiger partial charge in [0.1, 0.15) is 6.54 Å². The minimum Gasteiger partial charge on any atom is -0.318 e. The van der Waals surface area contributed by atoms with Crippen LogP contribution in [0.5, 0.6) is 0 Å². The van der Waals surface area contributed by atoms with E-state index in [4.69, 9.17) is 11.7 Å². The van der Waals surface area contributed by atoms with Crippen LogP contribution in [0.4, 0.5) is 0 Å². The molecule has 0 aliphatic carbocycles. The van der Waals surface area contributed by atoms with Crippen molar-refractivity contribution in [1.82, 2.24) is 4.90 Å². The van der Waals surface area contributed by atoms with Gasteiger partial charge in [0.2, 0.25) is 5.91 Å². The van der Waals surface area contributed by atoms with Crippen LogP contribution in [0.15, 0.2) is 24.3 Å². The average Bonchev–Trinajstić information content (AvgIpc) is 2.37. The van der Waals surface area contributed by atoms with Crippen molar-refractivity contribution in [3.05, 3.63) is 35.4 Å². The second kappa shape index (κ2) is 7.14. The standard InChI is InChI=1S/C15H16N2O/c1-3-11-17(12-10-16)15(18)9-8-14-6-4-13(2)5-7-14/h1,4-7H,8-9,11-12H2,2H3. The molecular weight excluding hydrogens is 224 g/mol. The molecular formula is C15H16N2O. The third-order valence-electron chi connectivity index (χ3n) is 2.64. The Morgan fingerprint density at radius 3 is 2.56 bits per heavy atom. The molecule has 0 spiro atoms. The molecule has 0 heterocycles. The molecule has 0 bridgehead atoms. The zero-order chi connectivity index (χ0) is 13.4. The van der Waals surface area contributed by atoms with Gasteiger partial charge in [-0.3, -0.25) is 4.79 Å². The summed E-state index contributed by atoms with van der Waals surface area (Å²) < 4.78 is 0. The van der Waals surface area contributed by atoms with Crippen molar-refractivity contribution in [2.75, 3.05) is 13.1 Å². The zero-order valence-electron chi connectivity index (χ0n) is 10.5. The van der Waals surface area contributed by atoms with E-state index in [1.165, 1.54) is 10.5 Å². The van der Waals surface area contributed by atoms with Crippen LogP contribution in [0.2, 0.25) is 0 Å². The van der Waals surface area contributed by atoms with Crippen LogP contribution >= 0.6 is 0 Å². The predicted molar refractivity (Wildman–Crippen MR) is 70.5 cm³/mol. The van der Waals surface area contributed by atoms with Gasteiger partial charge in [-0.25, -0.2) is 0 Å². The van der Waals surface area contributed by atoms with Gasteiger partial charge in [0.05, 0.1) is 12.6 Å². The molecule has 18 heavy (non-hydrogen) atoms. The minimum absolute atomic E-state index is 0.0525. The van der Waals surface area contributed by atoms with Crippen LogP contribution in [-0.4, -0.2) is 23.9 Å². The van der Waals surface area contributed by atoms with Gasteiger partial charge in [-0.05, 0) is 18.9 Å². The molecule has 1 aromatic rings. The lowest BCUT2D eigenvalue weighted by molar-refractivity contribution is -0.129. The highest BCUT2D eigenvalue weighted by molar-refractivity contribution is 5.77. The number of benzene rings is 1. The molecule has 0 aromatic heterocycles. The van der Waals surface area contributed by atoms with Crippen molar-refractivity contribution in [2.24, 2.45) is 0 Å². The second-order valence-electron chi connectivity index (χ2n) is 4.10. The number of rotatable bonds is 5. The van der Waals surface area contributed by atoms with Gasteiger partial charge in [-0.2, -0.15) is 5.26 Å². The van der Waals surface area contributed by atoms with E-state index in [1.807, 2.05) is 37.3 Å². The maximum atomic E-state index is 11.8. The number of carbonyl (C=O) groups is 1. The number of nitriles is 1. The Morgan fingerprint density at radius 2 is 2.00 bits per heavy atom. The van der Waals surface area contributed by atoms with Gasteiger partial charge < -0.3 is 4.90 Å². The first-order valence-electron chi connectivity index (χ1n) is 5.81. The summed E-state index contributed by atoms with van der Waals surface area (Å²) in [6.07, 6.45) is 6.22. The van der Waals surface area contributed by atoms with E-state index in [-0.39, 0.29) is 19.0 Å². The number of nitrogens with zero attached hydrogens (tertiary/aromatic N) is 2. The van der Waals surface area contributed by atoms with Crippen molar-refractivity contribution in [3.8, 4) is 18.4 Å². The molecule has 1 rings (SSSR count). The Bertz CT molecular complexity index is 461. The summed E-state index contributed by atoms with van der Waals surface area (Å²) in [5.41, 5.74) is 2.31. The Kier molecular flexibility index (Phi) is 5.48. The molecule has 0 saturated carbocycles. The lowest BCUT2D eigenvalue weighted by Gasteiger charge is -2.16. The molecule has 0 aliphatic rings. The number of amides is 1. The molecule has 1 aromatic carbocycles. The van der Waals surface area contributed by atoms with Crippen molar-refractivity contribution in [1.29, 1.82) is 5.26 Å². The SMILES string of the molecule is C#CCN(CC#N)C(=O)CCc1ccc(C)cc1. The number of hydrogen-bond donors (Lipinski definition) is 0. The van der Waals surface area contributed by atoms with Gasteiger partial charge in [-0.15, -0.1) is 6.42 Å². The van der Waals surface area contributed by atoms with Crippen LogP contribution in [0, 0.1) is 30.6 Å². The molecule has 92 valence electrons. The van der Waals surface area contributed by atoms with E-state index in [0.717, 1.165) is 5.56 Å². The number of hydrogen-bond acceptors (Lipinski definition) is 2. The topological polar surface area (TPSA) is 44.1 Å². The molecule has 0 saturated heterocycles. The summed E-state index contributed by atoms with van der Waals surface area (Å²) in [5.74, 6) is 2.32. The Morgan fingerprint density at radius 1 is 1.33 bits per heavy atom. The average molecular weight is 240 g/mol. The minimum atomic E-state index is -0.0740. The van der Waals surface area contributed by atoms with Crippen LogP contribution < -0.4 is 0 Å². The maximum absolute atomic E-state index is 11.8. The van der Waals surface area contributed by atoms with E-state index < -0.39 is 0 Å². The summed E-state index contributed by atoms with van der Waals surface area (Å²) in [6.45, 7) is 2.27. The number of carbonyl (C=O) groups excluding carboxylic acids is 1. The highest BCUT2D eigenvalue weighted by Crippen LogP contribution is 2.07. The normalized spacial score (nSPS) is 9.28. The zero-order valence-corrected chi connectivity index (χ0v) is 10.5. The predicted octanol–water partition coefficient (Wildman–Crippen LogP) is 1.91. The summed E-state index contributed by atoms with van der Waals surface area (Å²) in [5, 5.41) is 8.62. The summed E-state index contributed by atoms with van der Waals surface area (Å²) in [7, 11) is 0. The first kappa shape index (κ1) is 13.8. The fourth-order valence-electron chi connectivity index (χ4n) is 1.59. The van der Waals surface area contributed by atoms with E-state index >= 15 is 0 Å². The number of aryl methyl sites for hydroxylation is 2. The molecule has 0 N–H and O–H groups in total. The highest BCUT2D eigenvalue weighted by Gasteiger charge is 2.11. The fraction of sp³-hybridized carbons (Fsp3) is 0.333. The van der Waals surface area contributed by atoms with E-state index in [9.17, 15) is 4.79 Å². The molecule has 0 fully saturated rings. The van der Waals surface area contributed by atoms with Crippen molar-refractivity contribution in [3.63, 3.8) is 0 Å². The van der Waals surface area contributed by atoms with Gasteiger partial charge in [0.15, 0.2) is 0 Å². The monoisotopic (exact) mass is 240 g/mol. The molecule has 3 heteroatoms. The highest BCUT2D eigenvalue weighted by atomic mass is 16.2. The fourth-order valence-corrected chi connectivity index (χ4v) is 1.59. The first-order valence-corrected chi connectivity index (χ1v) is 5.81. The molecule has 0 atom stereocenters. The largest absolute Gasteiger partial charge is 0.318 e. The van der Waals surface area contributed by atoms with Gasteiger partial charge in [-0.1, -0.05) is 35.7 Å². The second-order valence-corrected chi connectivity index (χ2v) is 4.10. The molecule has 3 nitrogen and oxygen atoms in total. The quantitative estimate of drug-likeness (QED) is 0.583. The Hall–Kier alpha value is -2.26.